The lowest BCUT2D eigenvalue weighted by Crippen LogP contribution is -2.32. The van der Waals surface area contributed by atoms with E-state index in [0.717, 1.165) is 12.8 Å². The molecule has 1 aromatic carbocycles. The minimum absolute atomic E-state index is 0.0212. The maximum Gasteiger partial charge on any atom is 0.258 e. The van der Waals surface area contributed by atoms with Crippen molar-refractivity contribution in [1.82, 2.24) is 4.90 Å². The Morgan fingerprint density at radius 1 is 1.41 bits per heavy atom. The summed E-state index contributed by atoms with van der Waals surface area (Å²) in [6.45, 7) is 5.12. The molecule has 0 N–H and O–H groups in total. The molecule has 0 fully saturated rings. The third-order valence-corrected chi connectivity index (χ3v) is 2.94. The standard InChI is InChI=1S/C13H17ClFNO/c1-3-5-9-16(4-2)13(17)12-10(14)7-6-8-11(12)15/h6-8H,3-5,9H2,1-2H3. The van der Waals surface area contributed by atoms with Gasteiger partial charge in [-0.2, -0.15) is 0 Å². The molecule has 0 saturated carbocycles. The third kappa shape index (κ3) is 3.43. The van der Waals surface area contributed by atoms with Crippen molar-refractivity contribution < 1.29 is 9.18 Å². The molecule has 0 atom stereocenters. The van der Waals surface area contributed by atoms with Gasteiger partial charge in [0.05, 0.1) is 10.6 Å². The molecular formula is C13H17ClFNO. The first-order valence-electron chi connectivity index (χ1n) is 5.85. The number of amides is 1. The van der Waals surface area contributed by atoms with E-state index in [1.807, 2.05) is 13.8 Å². The van der Waals surface area contributed by atoms with Gasteiger partial charge in [-0.25, -0.2) is 4.39 Å². The van der Waals surface area contributed by atoms with Crippen molar-refractivity contribution >= 4 is 17.5 Å². The van der Waals surface area contributed by atoms with E-state index in [0.29, 0.717) is 13.1 Å². The monoisotopic (exact) mass is 257 g/mol. The van der Waals surface area contributed by atoms with E-state index < -0.39 is 5.82 Å². The predicted molar refractivity (Wildman–Crippen MR) is 67.9 cm³/mol. The highest BCUT2D eigenvalue weighted by atomic mass is 35.5. The minimum Gasteiger partial charge on any atom is -0.339 e. The first kappa shape index (κ1) is 14.0. The van der Waals surface area contributed by atoms with Gasteiger partial charge in [0.1, 0.15) is 5.82 Å². The molecule has 0 spiro atoms. The Hall–Kier alpha value is -1.09. The number of hydrogen-bond donors (Lipinski definition) is 0. The van der Waals surface area contributed by atoms with E-state index in [-0.39, 0.29) is 16.5 Å². The van der Waals surface area contributed by atoms with Crippen LogP contribution in [0.4, 0.5) is 4.39 Å². The van der Waals surface area contributed by atoms with Crippen molar-refractivity contribution in [3.8, 4) is 0 Å². The molecule has 0 aliphatic carbocycles. The Kier molecular flexibility index (Phi) is 5.42. The first-order valence-corrected chi connectivity index (χ1v) is 6.22. The summed E-state index contributed by atoms with van der Waals surface area (Å²) in [5.74, 6) is -0.888. The van der Waals surface area contributed by atoms with E-state index in [1.165, 1.54) is 18.2 Å². The van der Waals surface area contributed by atoms with Crippen LogP contribution in [0.3, 0.4) is 0 Å². The number of rotatable bonds is 5. The van der Waals surface area contributed by atoms with E-state index in [4.69, 9.17) is 11.6 Å². The van der Waals surface area contributed by atoms with Crippen molar-refractivity contribution in [1.29, 1.82) is 0 Å². The van der Waals surface area contributed by atoms with Gasteiger partial charge in [0.2, 0.25) is 0 Å². The maximum absolute atomic E-state index is 13.6. The Morgan fingerprint density at radius 3 is 2.65 bits per heavy atom. The van der Waals surface area contributed by atoms with Gasteiger partial charge in [-0.3, -0.25) is 4.79 Å². The molecule has 0 saturated heterocycles. The Bertz CT molecular complexity index is 375. The fraction of sp³-hybridized carbons (Fsp3) is 0.462. The molecular weight excluding hydrogens is 241 g/mol. The third-order valence-electron chi connectivity index (χ3n) is 2.63. The Balaban J connectivity index is 2.93. The largest absolute Gasteiger partial charge is 0.339 e. The fourth-order valence-electron chi connectivity index (χ4n) is 1.61. The Morgan fingerprint density at radius 2 is 2.12 bits per heavy atom. The summed E-state index contributed by atoms with van der Waals surface area (Å²) in [5, 5.41) is 0.171. The smallest absolute Gasteiger partial charge is 0.258 e. The summed E-state index contributed by atoms with van der Waals surface area (Å²) >= 11 is 5.87. The highest BCUT2D eigenvalue weighted by Gasteiger charge is 2.20. The summed E-state index contributed by atoms with van der Waals surface area (Å²) in [4.78, 5) is 13.7. The second-order valence-corrected chi connectivity index (χ2v) is 4.24. The van der Waals surface area contributed by atoms with Gasteiger partial charge in [-0.15, -0.1) is 0 Å². The van der Waals surface area contributed by atoms with Crippen molar-refractivity contribution in [2.24, 2.45) is 0 Å². The van der Waals surface area contributed by atoms with Gasteiger partial charge in [0, 0.05) is 13.1 Å². The van der Waals surface area contributed by atoms with Crippen LogP contribution in [0.5, 0.6) is 0 Å². The zero-order valence-electron chi connectivity index (χ0n) is 10.2. The molecule has 0 radical (unpaired) electrons. The molecule has 1 rings (SSSR count). The molecule has 0 bridgehead atoms. The average Bonchev–Trinajstić information content (AvgIpc) is 2.30. The molecule has 4 heteroatoms. The SMILES string of the molecule is CCCCN(CC)C(=O)c1c(F)cccc1Cl. The van der Waals surface area contributed by atoms with Crippen LogP contribution in [0.1, 0.15) is 37.0 Å². The number of carbonyl (C=O) groups excluding carboxylic acids is 1. The highest BCUT2D eigenvalue weighted by molar-refractivity contribution is 6.33. The molecule has 0 unspecified atom stereocenters. The minimum atomic E-state index is -0.558. The van der Waals surface area contributed by atoms with Crippen molar-refractivity contribution in [2.45, 2.75) is 26.7 Å². The second kappa shape index (κ2) is 6.60. The van der Waals surface area contributed by atoms with E-state index in [1.54, 1.807) is 4.90 Å². The fourth-order valence-corrected chi connectivity index (χ4v) is 1.86. The van der Waals surface area contributed by atoms with Crippen LogP contribution in [0, 0.1) is 5.82 Å². The lowest BCUT2D eigenvalue weighted by atomic mass is 10.1. The van der Waals surface area contributed by atoms with Crippen LogP contribution >= 0.6 is 11.6 Å². The molecule has 94 valence electrons. The molecule has 0 aliphatic rings. The second-order valence-electron chi connectivity index (χ2n) is 3.84. The van der Waals surface area contributed by atoms with Crippen LogP contribution in [0.15, 0.2) is 18.2 Å². The van der Waals surface area contributed by atoms with Crippen molar-refractivity contribution in [3.63, 3.8) is 0 Å². The first-order chi connectivity index (χ1) is 8.11. The van der Waals surface area contributed by atoms with Gasteiger partial charge < -0.3 is 4.90 Å². The molecule has 2 nitrogen and oxygen atoms in total. The summed E-state index contributed by atoms with van der Waals surface area (Å²) in [7, 11) is 0. The number of hydrogen-bond acceptors (Lipinski definition) is 1. The van der Waals surface area contributed by atoms with Crippen LogP contribution < -0.4 is 0 Å². The molecule has 17 heavy (non-hydrogen) atoms. The molecule has 1 aromatic rings. The van der Waals surface area contributed by atoms with E-state index >= 15 is 0 Å². The molecule has 0 aromatic heterocycles. The topological polar surface area (TPSA) is 20.3 Å². The van der Waals surface area contributed by atoms with Crippen molar-refractivity contribution in [2.75, 3.05) is 13.1 Å². The normalized spacial score (nSPS) is 10.4. The van der Waals surface area contributed by atoms with E-state index in [9.17, 15) is 9.18 Å². The lowest BCUT2D eigenvalue weighted by Gasteiger charge is -2.21. The zero-order valence-corrected chi connectivity index (χ0v) is 10.9. The van der Waals surface area contributed by atoms with Gasteiger partial charge in [-0.05, 0) is 25.5 Å². The van der Waals surface area contributed by atoms with Crippen LogP contribution in [0.25, 0.3) is 0 Å². The van der Waals surface area contributed by atoms with Gasteiger partial charge in [0.15, 0.2) is 0 Å². The summed E-state index contributed by atoms with van der Waals surface area (Å²) in [6, 6.07) is 4.29. The van der Waals surface area contributed by atoms with Gasteiger partial charge in [0.25, 0.3) is 5.91 Å². The van der Waals surface area contributed by atoms with E-state index in [2.05, 4.69) is 0 Å². The van der Waals surface area contributed by atoms with Crippen LogP contribution in [0.2, 0.25) is 5.02 Å². The van der Waals surface area contributed by atoms with Gasteiger partial charge in [-0.1, -0.05) is 31.0 Å². The lowest BCUT2D eigenvalue weighted by molar-refractivity contribution is 0.0758. The molecule has 0 aliphatic heterocycles. The van der Waals surface area contributed by atoms with Crippen LogP contribution in [-0.2, 0) is 0 Å². The zero-order chi connectivity index (χ0) is 12.8. The van der Waals surface area contributed by atoms with Crippen molar-refractivity contribution in [3.05, 3.63) is 34.6 Å². The summed E-state index contributed by atoms with van der Waals surface area (Å²) in [6.07, 6.45) is 1.90. The van der Waals surface area contributed by atoms with Gasteiger partial charge >= 0.3 is 0 Å². The quantitative estimate of drug-likeness (QED) is 0.787. The highest BCUT2D eigenvalue weighted by Crippen LogP contribution is 2.20. The number of halogens is 2. The maximum atomic E-state index is 13.6. The number of carbonyl (C=O) groups is 1. The van der Waals surface area contributed by atoms with Crippen LogP contribution in [-0.4, -0.2) is 23.9 Å². The Labute approximate surface area is 106 Å². The number of unbranched alkanes of at least 4 members (excludes halogenated alkanes) is 1. The number of nitrogens with zero attached hydrogens (tertiary/aromatic N) is 1. The summed E-state index contributed by atoms with van der Waals surface area (Å²) in [5.41, 5.74) is -0.0212. The molecule has 1 amide bonds. The number of benzene rings is 1. The molecule has 0 heterocycles. The predicted octanol–water partition coefficient (Wildman–Crippen LogP) is 3.74. The average molecular weight is 258 g/mol. The summed E-state index contributed by atoms with van der Waals surface area (Å²) < 4.78 is 13.6.